The Morgan fingerprint density at radius 2 is 1.84 bits per heavy atom. The molecule has 0 fully saturated rings. The van der Waals surface area contributed by atoms with Gasteiger partial charge in [-0.3, -0.25) is 9.36 Å². The molecule has 7 heteroatoms. The van der Waals surface area contributed by atoms with Crippen LogP contribution in [-0.4, -0.2) is 33.1 Å². The molecule has 0 radical (unpaired) electrons. The Morgan fingerprint density at radius 1 is 1.16 bits per heavy atom. The molecular formula is C24H26N4O3. The standard InChI is InChI=1S/C24H26N4O3/c1-15(2)24(5,14-25)27-22(29)16(3)31-23(30)18-11-12-21-20(13-18)26-17(4)28(21)19-9-7-6-8-10-19/h6-13,15-16H,1-5H3,(H,27,29)/t16-,24-/m1/s1. The zero-order chi connectivity index (χ0) is 22.8. The van der Waals surface area contributed by atoms with E-state index in [1.165, 1.54) is 6.92 Å². The first-order valence-corrected chi connectivity index (χ1v) is 10.1. The van der Waals surface area contributed by atoms with Crippen molar-refractivity contribution in [2.24, 2.45) is 5.92 Å². The molecule has 1 heterocycles. The average Bonchev–Trinajstić information content (AvgIpc) is 3.08. The number of fused-ring (bicyclic) bond motifs is 1. The Hall–Kier alpha value is -3.66. The number of para-hydroxylation sites is 1. The van der Waals surface area contributed by atoms with E-state index in [2.05, 4.69) is 16.4 Å². The molecule has 0 aliphatic heterocycles. The lowest BCUT2D eigenvalue weighted by atomic mass is 9.90. The first-order chi connectivity index (χ1) is 14.7. The normalized spacial score (nSPS) is 14.0. The van der Waals surface area contributed by atoms with Crippen LogP contribution in [-0.2, 0) is 9.53 Å². The number of nitrogens with zero attached hydrogens (tertiary/aromatic N) is 3. The van der Waals surface area contributed by atoms with E-state index in [0.29, 0.717) is 11.1 Å². The molecule has 0 unspecified atom stereocenters. The van der Waals surface area contributed by atoms with Crippen LogP contribution < -0.4 is 5.32 Å². The topological polar surface area (TPSA) is 97.0 Å². The van der Waals surface area contributed by atoms with Crippen LogP contribution in [0.25, 0.3) is 16.7 Å². The second-order valence-corrected chi connectivity index (χ2v) is 8.04. The number of ether oxygens (including phenoxy) is 1. The first-order valence-electron chi connectivity index (χ1n) is 10.1. The number of carbonyl (C=O) groups is 2. The number of benzene rings is 2. The monoisotopic (exact) mass is 418 g/mol. The molecule has 0 aliphatic rings. The van der Waals surface area contributed by atoms with E-state index in [1.54, 1.807) is 19.1 Å². The molecule has 1 N–H and O–H groups in total. The lowest BCUT2D eigenvalue weighted by Gasteiger charge is -2.28. The minimum Gasteiger partial charge on any atom is -0.449 e. The molecule has 3 aromatic rings. The number of aromatic nitrogens is 2. The summed E-state index contributed by atoms with van der Waals surface area (Å²) in [7, 11) is 0. The largest absolute Gasteiger partial charge is 0.449 e. The molecule has 31 heavy (non-hydrogen) atoms. The maximum atomic E-state index is 12.6. The van der Waals surface area contributed by atoms with E-state index in [-0.39, 0.29) is 5.92 Å². The highest BCUT2D eigenvalue weighted by molar-refractivity contribution is 5.95. The Kier molecular flexibility index (Phi) is 6.11. The molecule has 2 atom stereocenters. The van der Waals surface area contributed by atoms with Gasteiger partial charge in [0.2, 0.25) is 0 Å². The van der Waals surface area contributed by atoms with E-state index in [1.807, 2.05) is 61.7 Å². The van der Waals surface area contributed by atoms with Gasteiger partial charge in [-0.1, -0.05) is 32.0 Å². The minimum absolute atomic E-state index is 0.102. The van der Waals surface area contributed by atoms with Gasteiger partial charge in [0.15, 0.2) is 6.10 Å². The highest BCUT2D eigenvalue weighted by Crippen LogP contribution is 2.23. The summed E-state index contributed by atoms with van der Waals surface area (Å²) in [5.41, 5.74) is 1.77. The highest BCUT2D eigenvalue weighted by atomic mass is 16.5. The maximum Gasteiger partial charge on any atom is 0.338 e. The van der Waals surface area contributed by atoms with Crippen LogP contribution >= 0.6 is 0 Å². The Morgan fingerprint density at radius 3 is 2.45 bits per heavy atom. The molecular weight excluding hydrogens is 392 g/mol. The lowest BCUT2D eigenvalue weighted by Crippen LogP contribution is -2.52. The zero-order valence-corrected chi connectivity index (χ0v) is 18.3. The summed E-state index contributed by atoms with van der Waals surface area (Å²) in [5, 5.41) is 12.0. The van der Waals surface area contributed by atoms with Crippen LogP contribution in [0.1, 0.15) is 43.9 Å². The van der Waals surface area contributed by atoms with Crippen LogP contribution in [0.5, 0.6) is 0 Å². The molecule has 160 valence electrons. The van der Waals surface area contributed by atoms with Crippen molar-refractivity contribution in [2.75, 3.05) is 0 Å². The fourth-order valence-electron chi connectivity index (χ4n) is 3.17. The number of hydrogen-bond donors (Lipinski definition) is 1. The number of nitrogens with one attached hydrogen (secondary N) is 1. The van der Waals surface area contributed by atoms with Crippen LogP contribution in [0.4, 0.5) is 0 Å². The third-order valence-electron chi connectivity index (χ3n) is 5.50. The Labute approximate surface area is 181 Å². The maximum absolute atomic E-state index is 12.6. The Bertz CT molecular complexity index is 1160. The number of esters is 1. The smallest absolute Gasteiger partial charge is 0.338 e. The third kappa shape index (κ3) is 4.43. The van der Waals surface area contributed by atoms with Gasteiger partial charge in [0.1, 0.15) is 11.4 Å². The van der Waals surface area contributed by atoms with Crippen molar-refractivity contribution in [3.05, 3.63) is 59.9 Å². The molecule has 0 saturated carbocycles. The van der Waals surface area contributed by atoms with Gasteiger partial charge in [0.25, 0.3) is 5.91 Å². The van der Waals surface area contributed by atoms with Crippen LogP contribution in [0.3, 0.4) is 0 Å². The van der Waals surface area contributed by atoms with E-state index in [0.717, 1.165) is 17.0 Å². The second kappa shape index (κ2) is 8.60. The van der Waals surface area contributed by atoms with Gasteiger partial charge >= 0.3 is 5.97 Å². The van der Waals surface area contributed by atoms with E-state index < -0.39 is 23.5 Å². The minimum atomic E-state index is -1.04. The van der Waals surface area contributed by atoms with E-state index in [9.17, 15) is 14.9 Å². The fraction of sp³-hybridized carbons (Fsp3) is 0.333. The summed E-state index contributed by atoms with van der Waals surface area (Å²) in [6.07, 6.45) is -1.04. The SMILES string of the molecule is Cc1nc2cc(C(=O)O[C@H](C)C(=O)N[C@](C)(C#N)C(C)C)ccc2n1-c1ccccc1. The average molecular weight is 418 g/mol. The van der Waals surface area contributed by atoms with Crippen LogP contribution in [0, 0.1) is 24.2 Å². The molecule has 0 aliphatic carbocycles. The summed E-state index contributed by atoms with van der Waals surface area (Å²) < 4.78 is 7.35. The highest BCUT2D eigenvalue weighted by Gasteiger charge is 2.32. The summed E-state index contributed by atoms with van der Waals surface area (Å²) >= 11 is 0. The summed E-state index contributed by atoms with van der Waals surface area (Å²) in [6.45, 7) is 8.71. The molecule has 7 nitrogen and oxygen atoms in total. The fourth-order valence-corrected chi connectivity index (χ4v) is 3.17. The molecule has 0 bridgehead atoms. The molecule has 0 saturated heterocycles. The van der Waals surface area contributed by atoms with Gasteiger partial charge in [-0.05, 0) is 57.0 Å². The molecule has 2 aromatic carbocycles. The molecule has 1 aromatic heterocycles. The van der Waals surface area contributed by atoms with Gasteiger partial charge in [0, 0.05) is 5.69 Å². The number of nitriles is 1. The van der Waals surface area contributed by atoms with Crippen molar-refractivity contribution in [1.29, 1.82) is 5.26 Å². The van der Waals surface area contributed by atoms with E-state index in [4.69, 9.17) is 4.74 Å². The van der Waals surface area contributed by atoms with Crippen molar-refractivity contribution in [2.45, 2.75) is 46.3 Å². The number of rotatable bonds is 6. The van der Waals surface area contributed by atoms with Crippen LogP contribution in [0.2, 0.25) is 0 Å². The number of imidazole rings is 1. The number of hydrogen-bond acceptors (Lipinski definition) is 5. The summed E-state index contributed by atoms with van der Waals surface area (Å²) in [6, 6.07) is 17.1. The number of aryl methyl sites for hydroxylation is 1. The quantitative estimate of drug-likeness (QED) is 0.612. The number of carbonyl (C=O) groups excluding carboxylic acids is 2. The van der Waals surface area contributed by atoms with Crippen molar-refractivity contribution < 1.29 is 14.3 Å². The van der Waals surface area contributed by atoms with Gasteiger partial charge in [0.05, 0.1) is 22.7 Å². The predicted octanol–water partition coefficient (Wildman–Crippen LogP) is 3.93. The Balaban J connectivity index is 1.79. The summed E-state index contributed by atoms with van der Waals surface area (Å²) in [5.74, 6) is -0.449. The molecule has 1 amide bonds. The molecule has 3 rings (SSSR count). The van der Waals surface area contributed by atoms with E-state index >= 15 is 0 Å². The van der Waals surface area contributed by atoms with Crippen molar-refractivity contribution >= 4 is 22.9 Å². The predicted molar refractivity (Wildman–Crippen MR) is 118 cm³/mol. The van der Waals surface area contributed by atoms with Crippen molar-refractivity contribution in [1.82, 2.24) is 14.9 Å². The van der Waals surface area contributed by atoms with Crippen molar-refractivity contribution in [3.63, 3.8) is 0 Å². The zero-order valence-electron chi connectivity index (χ0n) is 18.3. The lowest BCUT2D eigenvalue weighted by molar-refractivity contribution is -0.130. The summed E-state index contributed by atoms with van der Waals surface area (Å²) in [4.78, 5) is 29.6. The van der Waals surface area contributed by atoms with Gasteiger partial charge in [-0.25, -0.2) is 9.78 Å². The van der Waals surface area contributed by atoms with Gasteiger partial charge in [-0.2, -0.15) is 5.26 Å². The first kappa shape index (κ1) is 22.0. The van der Waals surface area contributed by atoms with Crippen LogP contribution in [0.15, 0.2) is 48.5 Å². The number of amides is 1. The molecule has 0 spiro atoms. The third-order valence-corrected chi connectivity index (χ3v) is 5.50. The van der Waals surface area contributed by atoms with Gasteiger partial charge in [-0.15, -0.1) is 0 Å². The van der Waals surface area contributed by atoms with Gasteiger partial charge < -0.3 is 10.1 Å². The van der Waals surface area contributed by atoms with Crippen molar-refractivity contribution in [3.8, 4) is 11.8 Å². The second-order valence-electron chi connectivity index (χ2n) is 8.04.